The molecule has 158 valence electrons. The van der Waals surface area contributed by atoms with E-state index in [1.54, 1.807) is 0 Å². The summed E-state index contributed by atoms with van der Waals surface area (Å²) in [7, 11) is 0. The van der Waals surface area contributed by atoms with Crippen molar-refractivity contribution in [3.05, 3.63) is 59.6 Å². The van der Waals surface area contributed by atoms with E-state index in [1.807, 2.05) is 42.2 Å². The van der Waals surface area contributed by atoms with Crippen molar-refractivity contribution in [2.75, 3.05) is 62.2 Å². The van der Waals surface area contributed by atoms with Crippen LogP contribution in [-0.4, -0.2) is 78.5 Å². The maximum absolute atomic E-state index is 10.9. The van der Waals surface area contributed by atoms with Gasteiger partial charge in [0.05, 0.1) is 36.2 Å². The van der Waals surface area contributed by atoms with Crippen molar-refractivity contribution in [2.24, 2.45) is 0 Å². The third kappa shape index (κ3) is 3.75. The second-order valence-corrected chi connectivity index (χ2v) is 8.08. The highest BCUT2D eigenvalue weighted by Crippen LogP contribution is 2.47. The van der Waals surface area contributed by atoms with E-state index in [2.05, 4.69) is 27.3 Å². The molecule has 2 N–H and O–H groups in total. The summed E-state index contributed by atoms with van der Waals surface area (Å²) < 4.78 is 0. The summed E-state index contributed by atoms with van der Waals surface area (Å²) in [5, 5.41) is 29.9. The number of fused-ring (bicyclic) bond motifs is 3. The zero-order valence-corrected chi connectivity index (χ0v) is 17.5. The fraction of sp³-hybridized carbons (Fsp3) is 0.435. The van der Waals surface area contributed by atoms with E-state index in [4.69, 9.17) is 5.11 Å². The molecule has 0 spiro atoms. The Bertz CT molecular complexity index is 924. The molecule has 7 nitrogen and oxygen atoms in total. The Kier molecular flexibility index (Phi) is 5.93. The number of para-hydroxylation sites is 2. The molecular weight excluding hydrogens is 378 g/mol. The van der Waals surface area contributed by atoms with E-state index in [0.29, 0.717) is 25.2 Å². The first-order valence-electron chi connectivity index (χ1n) is 10.5. The SMILES string of the molecule is C=C1C=C(C)C(C#N)=C2N(CC(O)CN3CCN(CCO)CC3)c3ccccc3N12. The Morgan fingerprint density at radius 3 is 2.43 bits per heavy atom. The fourth-order valence-electron chi connectivity index (χ4n) is 4.56. The third-order valence-electron chi connectivity index (χ3n) is 6.02. The van der Waals surface area contributed by atoms with Crippen LogP contribution in [0.4, 0.5) is 11.4 Å². The highest BCUT2D eigenvalue weighted by molar-refractivity contribution is 5.88. The van der Waals surface area contributed by atoms with Crippen molar-refractivity contribution in [3.8, 4) is 6.07 Å². The Hall–Kier alpha value is -2.63. The van der Waals surface area contributed by atoms with Crippen LogP contribution >= 0.6 is 0 Å². The molecule has 1 unspecified atom stereocenters. The fourth-order valence-corrected chi connectivity index (χ4v) is 4.56. The van der Waals surface area contributed by atoms with Crippen molar-refractivity contribution >= 4 is 11.4 Å². The topological polar surface area (TPSA) is 77.2 Å². The lowest BCUT2D eigenvalue weighted by Crippen LogP contribution is -2.50. The van der Waals surface area contributed by atoms with Gasteiger partial charge >= 0.3 is 0 Å². The molecule has 1 aromatic carbocycles. The molecule has 0 aliphatic carbocycles. The number of rotatable bonds is 6. The highest BCUT2D eigenvalue weighted by Gasteiger charge is 2.38. The van der Waals surface area contributed by atoms with Gasteiger partial charge in [0.2, 0.25) is 0 Å². The number of hydrogen-bond acceptors (Lipinski definition) is 7. The average Bonchev–Trinajstić information content (AvgIpc) is 3.05. The van der Waals surface area contributed by atoms with E-state index in [0.717, 1.165) is 54.6 Å². The number of piperazine rings is 1. The smallest absolute Gasteiger partial charge is 0.136 e. The quantitative estimate of drug-likeness (QED) is 0.740. The number of benzene rings is 1. The first-order valence-corrected chi connectivity index (χ1v) is 10.5. The molecule has 4 rings (SSSR count). The molecule has 0 amide bonds. The van der Waals surface area contributed by atoms with Gasteiger partial charge in [0.1, 0.15) is 11.9 Å². The predicted octanol–water partition coefficient (Wildman–Crippen LogP) is 1.49. The average molecular weight is 408 g/mol. The summed E-state index contributed by atoms with van der Waals surface area (Å²) in [4.78, 5) is 8.58. The molecular formula is C23H29N5O2. The maximum Gasteiger partial charge on any atom is 0.136 e. The molecule has 3 aliphatic rings. The number of β-amino-alcohol motifs (C(OH)–C–C–N with tert-alkyl or cyclic N) is 2. The van der Waals surface area contributed by atoms with Gasteiger partial charge in [0, 0.05) is 45.0 Å². The molecule has 0 bridgehead atoms. The summed E-state index contributed by atoms with van der Waals surface area (Å²) in [6.45, 7) is 11.6. The van der Waals surface area contributed by atoms with E-state index < -0.39 is 6.10 Å². The minimum Gasteiger partial charge on any atom is -0.395 e. The van der Waals surface area contributed by atoms with Crippen LogP contribution in [0.25, 0.3) is 0 Å². The standard InChI is InChI=1S/C23H29N5O2/c1-17-13-18(2)28-22-6-4-3-5-21(22)27(23(28)20(17)14-24)16-19(30)15-26-9-7-25(8-10-26)11-12-29/h3-6,13,19,29-30H,2,7-12,15-16H2,1H3. The molecule has 1 atom stereocenters. The molecule has 0 saturated carbocycles. The van der Waals surface area contributed by atoms with Crippen LogP contribution in [0.2, 0.25) is 0 Å². The van der Waals surface area contributed by atoms with Gasteiger partial charge in [0.25, 0.3) is 0 Å². The van der Waals surface area contributed by atoms with Crippen molar-refractivity contribution in [3.63, 3.8) is 0 Å². The van der Waals surface area contributed by atoms with Gasteiger partial charge in [0.15, 0.2) is 0 Å². The second-order valence-electron chi connectivity index (χ2n) is 8.08. The highest BCUT2D eigenvalue weighted by atomic mass is 16.3. The van der Waals surface area contributed by atoms with Gasteiger partial charge in [-0.15, -0.1) is 0 Å². The van der Waals surface area contributed by atoms with Gasteiger partial charge in [-0.25, -0.2) is 0 Å². The van der Waals surface area contributed by atoms with Crippen LogP contribution in [0, 0.1) is 11.3 Å². The maximum atomic E-state index is 10.9. The van der Waals surface area contributed by atoms with Crippen molar-refractivity contribution in [2.45, 2.75) is 13.0 Å². The predicted molar refractivity (Wildman–Crippen MR) is 118 cm³/mol. The van der Waals surface area contributed by atoms with Crippen molar-refractivity contribution < 1.29 is 10.2 Å². The van der Waals surface area contributed by atoms with E-state index in [-0.39, 0.29) is 6.61 Å². The van der Waals surface area contributed by atoms with Crippen molar-refractivity contribution in [1.82, 2.24) is 9.80 Å². The minimum atomic E-state index is -0.561. The summed E-state index contributed by atoms with van der Waals surface area (Å²) >= 11 is 0. The molecule has 3 aliphatic heterocycles. The first kappa shape index (κ1) is 20.6. The van der Waals surface area contributed by atoms with Crippen LogP contribution in [0.3, 0.4) is 0 Å². The summed E-state index contributed by atoms with van der Waals surface area (Å²) in [6, 6.07) is 10.4. The Morgan fingerprint density at radius 2 is 1.77 bits per heavy atom. The molecule has 1 fully saturated rings. The van der Waals surface area contributed by atoms with Gasteiger partial charge in [-0.3, -0.25) is 14.7 Å². The number of nitriles is 1. The summed E-state index contributed by atoms with van der Waals surface area (Å²) in [6.07, 6.45) is 1.37. The van der Waals surface area contributed by atoms with Crippen LogP contribution in [-0.2, 0) is 0 Å². The monoisotopic (exact) mass is 407 g/mol. The van der Waals surface area contributed by atoms with Gasteiger partial charge in [-0.05, 0) is 30.7 Å². The number of allylic oxidation sites excluding steroid dienone is 3. The lowest BCUT2D eigenvalue weighted by Gasteiger charge is -2.36. The lowest BCUT2D eigenvalue weighted by atomic mass is 10.0. The normalized spacial score (nSPS) is 20.7. The van der Waals surface area contributed by atoms with E-state index in [1.165, 1.54) is 0 Å². The summed E-state index contributed by atoms with van der Waals surface area (Å²) in [5.74, 6) is 0.788. The number of nitrogens with zero attached hydrogens (tertiary/aromatic N) is 5. The molecule has 0 radical (unpaired) electrons. The molecule has 1 saturated heterocycles. The van der Waals surface area contributed by atoms with Crippen LogP contribution in [0.15, 0.2) is 59.6 Å². The Morgan fingerprint density at radius 1 is 1.10 bits per heavy atom. The Balaban J connectivity index is 1.53. The summed E-state index contributed by atoms with van der Waals surface area (Å²) in [5.41, 5.74) is 4.30. The minimum absolute atomic E-state index is 0.184. The van der Waals surface area contributed by atoms with Gasteiger partial charge in [-0.1, -0.05) is 18.7 Å². The number of hydrogen-bond donors (Lipinski definition) is 2. The van der Waals surface area contributed by atoms with Crippen LogP contribution < -0.4 is 9.80 Å². The third-order valence-corrected chi connectivity index (χ3v) is 6.02. The molecule has 3 heterocycles. The largest absolute Gasteiger partial charge is 0.395 e. The zero-order chi connectivity index (χ0) is 21.3. The van der Waals surface area contributed by atoms with Gasteiger partial charge in [-0.2, -0.15) is 5.26 Å². The number of aliphatic hydroxyl groups excluding tert-OH is 2. The molecule has 30 heavy (non-hydrogen) atoms. The van der Waals surface area contributed by atoms with Crippen LogP contribution in [0.5, 0.6) is 0 Å². The first-order chi connectivity index (χ1) is 14.5. The molecule has 1 aromatic rings. The Labute approximate surface area is 178 Å². The van der Waals surface area contributed by atoms with Crippen molar-refractivity contribution in [1.29, 1.82) is 5.26 Å². The molecule has 0 aromatic heterocycles. The number of anilines is 2. The second kappa shape index (κ2) is 8.62. The molecule has 7 heteroatoms. The zero-order valence-electron chi connectivity index (χ0n) is 17.5. The van der Waals surface area contributed by atoms with E-state index in [9.17, 15) is 10.4 Å². The van der Waals surface area contributed by atoms with Crippen LogP contribution in [0.1, 0.15) is 6.92 Å². The lowest BCUT2D eigenvalue weighted by molar-refractivity contribution is 0.0693. The van der Waals surface area contributed by atoms with E-state index >= 15 is 0 Å². The number of aliphatic hydroxyl groups is 2. The van der Waals surface area contributed by atoms with Gasteiger partial charge < -0.3 is 15.1 Å².